The molecule has 4 heteroatoms. The van der Waals surface area contributed by atoms with E-state index in [1.807, 2.05) is 18.2 Å². The van der Waals surface area contributed by atoms with E-state index in [9.17, 15) is 0 Å². The van der Waals surface area contributed by atoms with Gasteiger partial charge in [-0.15, -0.1) is 0 Å². The summed E-state index contributed by atoms with van der Waals surface area (Å²) < 4.78 is 6.39. The molecular weight excluding hydrogens is 256 g/mol. The van der Waals surface area contributed by atoms with Crippen LogP contribution in [0.15, 0.2) is 22.8 Å². The second-order valence-electron chi connectivity index (χ2n) is 3.70. The largest absolute Gasteiger partial charge is 0.476 e. The van der Waals surface area contributed by atoms with Crippen molar-refractivity contribution in [3.05, 3.63) is 22.8 Å². The highest BCUT2D eigenvalue weighted by Gasteiger charge is 2.10. The molecule has 1 saturated heterocycles. The van der Waals surface area contributed by atoms with Gasteiger partial charge in [-0.05, 0) is 47.9 Å². The van der Waals surface area contributed by atoms with Gasteiger partial charge in [-0.2, -0.15) is 0 Å². The summed E-state index contributed by atoms with van der Waals surface area (Å²) in [6.07, 6.45) is 2.66. The monoisotopic (exact) mass is 270 g/mol. The molecule has 2 rings (SSSR count). The SMILES string of the molecule is Brc1cccc(OCCN2CCCC2)n1. The van der Waals surface area contributed by atoms with Crippen LogP contribution in [0.25, 0.3) is 0 Å². The summed E-state index contributed by atoms with van der Waals surface area (Å²) in [4.78, 5) is 6.64. The third kappa shape index (κ3) is 3.47. The molecule has 15 heavy (non-hydrogen) atoms. The van der Waals surface area contributed by atoms with Gasteiger partial charge < -0.3 is 4.74 Å². The number of pyridine rings is 1. The Morgan fingerprint density at radius 1 is 1.33 bits per heavy atom. The smallest absolute Gasteiger partial charge is 0.214 e. The Labute approximate surface area is 98.6 Å². The van der Waals surface area contributed by atoms with Gasteiger partial charge >= 0.3 is 0 Å². The quantitative estimate of drug-likeness (QED) is 0.786. The maximum absolute atomic E-state index is 5.57. The second-order valence-corrected chi connectivity index (χ2v) is 4.51. The van der Waals surface area contributed by atoms with Gasteiger partial charge in [-0.1, -0.05) is 6.07 Å². The van der Waals surface area contributed by atoms with Gasteiger partial charge in [0.15, 0.2) is 0 Å². The van der Waals surface area contributed by atoms with Crippen molar-refractivity contribution < 1.29 is 4.74 Å². The molecule has 0 amide bonds. The van der Waals surface area contributed by atoms with Gasteiger partial charge in [-0.3, -0.25) is 4.90 Å². The molecular formula is C11H15BrN2O. The summed E-state index contributed by atoms with van der Waals surface area (Å²) in [5.74, 6) is 0.698. The fraction of sp³-hybridized carbons (Fsp3) is 0.545. The van der Waals surface area contributed by atoms with Gasteiger partial charge in [0.2, 0.25) is 5.88 Å². The van der Waals surface area contributed by atoms with Crippen molar-refractivity contribution in [1.82, 2.24) is 9.88 Å². The molecule has 0 N–H and O–H groups in total. The minimum absolute atomic E-state index is 0.698. The maximum Gasteiger partial charge on any atom is 0.214 e. The lowest BCUT2D eigenvalue weighted by Gasteiger charge is -2.14. The lowest BCUT2D eigenvalue weighted by atomic mass is 10.4. The molecule has 1 aromatic rings. The Hall–Kier alpha value is -0.610. The Kier molecular flexibility index (Phi) is 3.97. The fourth-order valence-corrected chi connectivity index (χ4v) is 2.08. The molecule has 0 spiro atoms. The van der Waals surface area contributed by atoms with Crippen molar-refractivity contribution in [1.29, 1.82) is 0 Å². The Morgan fingerprint density at radius 3 is 2.87 bits per heavy atom. The first-order valence-electron chi connectivity index (χ1n) is 5.32. The van der Waals surface area contributed by atoms with E-state index in [2.05, 4.69) is 25.8 Å². The second kappa shape index (κ2) is 5.47. The van der Waals surface area contributed by atoms with Crippen LogP contribution in [0, 0.1) is 0 Å². The molecule has 0 radical (unpaired) electrons. The number of hydrogen-bond acceptors (Lipinski definition) is 3. The van der Waals surface area contributed by atoms with Gasteiger partial charge in [0, 0.05) is 12.6 Å². The molecule has 0 unspecified atom stereocenters. The van der Waals surface area contributed by atoms with E-state index in [1.165, 1.54) is 25.9 Å². The van der Waals surface area contributed by atoms with E-state index in [4.69, 9.17) is 4.74 Å². The summed E-state index contributed by atoms with van der Waals surface area (Å²) in [6, 6.07) is 5.71. The Bertz CT molecular complexity index is 313. The third-order valence-corrected chi connectivity index (χ3v) is 2.99. The van der Waals surface area contributed by atoms with Crippen molar-refractivity contribution in [3.8, 4) is 5.88 Å². The lowest BCUT2D eigenvalue weighted by molar-refractivity contribution is 0.231. The van der Waals surface area contributed by atoms with Crippen LogP contribution in [0.4, 0.5) is 0 Å². The van der Waals surface area contributed by atoms with E-state index >= 15 is 0 Å². The molecule has 1 aliphatic rings. The van der Waals surface area contributed by atoms with Crippen LogP contribution < -0.4 is 4.74 Å². The average Bonchev–Trinajstić information content (AvgIpc) is 2.71. The van der Waals surface area contributed by atoms with E-state index in [0.717, 1.165) is 17.8 Å². The number of nitrogens with zero attached hydrogens (tertiary/aromatic N) is 2. The first-order chi connectivity index (χ1) is 7.34. The molecule has 1 fully saturated rings. The van der Waals surface area contributed by atoms with E-state index in [0.29, 0.717) is 5.88 Å². The summed E-state index contributed by atoms with van der Waals surface area (Å²) >= 11 is 3.32. The van der Waals surface area contributed by atoms with Crippen LogP contribution in [0.5, 0.6) is 5.88 Å². The molecule has 1 aliphatic heterocycles. The Balaban J connectivity index is 1.73. The highest BCUT2D eigenvalue weighted by atomic mass is 79.9. The third-order valence-electron chi connectivity index (χ3n) is 2.55. The van der Waals surface area contributed by atoms with Gasteiger partial charge in [0.05, 0.1) is 0 Å². The highest BCUT2D eigenvalue weighted by Crippen LogP contribution is 2.12. The highest BCUT2D eigenvalue weighted by molar-refractivity contribution is 9.10. The number of rotatable bonds is 4. The molecule has 0 bridgehead atoms. The van der Waals surface area contributed by atoms with Crippen LogP contribution in [-0.4, -0.2) is 36.1 Å². The normalized spacial score (nSPS) is 16.9. The number of hydrogen-bond donors (Lipinski definition) is 0. The van der Waals surface area contributed by atoms with Crippen LogP contribution in [0.1, 0.15) is 12.8 Å². The van der Waals surface area contributed by atoms with Gasteiger partial charge in [0.25, 0.3) is 0 Å². The summed E-state index contributed by atoms with van der Waals surface area (Å²) in [5.41, 5.74) is 0. The van der Waals surface area contributed by atoms with Crippen molar-refractivity contribution in [2.24, 2.45) is 0 Å². The minimum Gasteiger partial charge on any atom is -0.476 e. The first kappa shape index (κ1) is 10.9. The van der Waals surface area contributed by atoms with Crippen molar-refractivity contribution in [3.63, 3.8) is 0 Å². The zero-order valence-electron chi connectivity index (χ0n) is 8.66. The minimum atomic E-state index is 0.698. The van der Waals surface area contributed by atoms with Crippen molar-refractivity contribution >= 4 is 15.9 Å². The molecule has 3 nitrogen and oxygen atoms in total. The van der Waals surface area contributed by atoms with Crippen molar-refractivity contribution in [2.75, 3.05) is 26.2 Å². The van der Waals surface area contributed by atoms with E-state index < -0.39 is 0 Å². The zero-order chi connectivity index (χ0) is 10.5. The molecule has 2 heterocycles. The number of halogens is 1. The van der Waals surface area contributed by atoms with Crippen molar-refractivity contribution in [2.45, 2.75) is 12.8 Å². The van der Waals surface area contributed by atoms with E-state index in [1.54, 1.807) is 0 Å². The Morgan fingerprint density at radius 2 is 2.13 bits per heavy atom. The summed E-state index contributed by atoms with van der Waals surface area (Å²) in [6.45, 7) is 4.17. The molecule has 82 valence electrons. The molecule has 0 atom stereocenters. The lowest BCUT2D eigenvalue weighted by Crippen LogP contribution is -2.25. The van der Waals surface area contributed by atoms with Crippen LogP contribution in [-0.2, 0) is 0 Å². The van der Waals surface area contributed by atoms with Crippen LogP contribution in [0.3, 0.4) is 0 Å². The topological polar surface area (TPSA) is 25.4 Å². The molecule has 0 aromatic carbocycles. The molecule has 1 aromatic heterocycles. The zero-order valence-corrected chi connectivity index (χ0v) is 10.2. The number of likely N-dealkylation sites (tertiary alicyclic amines) is 1. The van der Waals surface area contributed by atoms with Gasteiger partial charge in [0.1, 0.15) is 11.2 Å². The average molecular weight is 271 g/mol. The summed E-state index contributed by atoms with van der Waals surface area (Å²) in [5, 5.41) is 0. The molecule has 0 aliphatic carbocycles. The van der Waals surface area contributed by atoms with E-state index in [-0.39, 0.29) is 0 Å². The first-order valence-corrected chi connectivity index (χ1v) is 6.11. The summed E-state index contributed by atoms with van der Waals surface area (Å²) in [7, 11) is 0. The maximum atomic E-state index is 5.57. The number of aromatic nitrogens is 1. The predicted octanol–water partition coefficient (Wildman–Crippen LogP) is 2.32. The fourth-order valence-electron chi connectivity index (χ4n) is 1.76. The number of ether oxygens (including phenoxy) is 1. The standard InChI is InChI=1S/C11H15BrN2O/c12-10-4-3-5-11(13-10)15-9-8-14-6-1-2-7-14/h3-5H,1-2,6-9H2. The predicted molar refractivity (Wildman–Crippen MR) is 63.1 cm³/mol. The van der Waals surface area contributed by atoms with Crippen LogP contribution >= 0.6 is 15.9 Å². The molecule has 0 saturated carbocycles. The van der Waals surface area contributed by atoms with Crippen LogP contribution in [0.2, 0.25) is 0 Å². The van der Waals surface area contributed by atoms with Gasteiger partial charge in [-0.25, -0.2) is 4.98 Å².